The van der Waals surface area contributed by atoms with Gasteiger partial charge in [0.15, 0.2) is 0 Å². The van der Waals surface area contributed by atoms with Crippen molar-refractivity contribution in [3.05, 3.63) is 70.1 Å². The number of carbonyl (C=O) groups is 1. The van der Waals surface area contributed by atoms with Crippen molar-refractivity contribution in [2.24, 2.45) is 0 Å². The maximum atomic E-state index is 12.3. The molecule has 0 fully saturated rings. The molecule has 0 atom stereocenters. The van der Waals surface area contributed by atoms with Crippen LogP contribution in [-0.4, -0.2) is 27.9 Å². The first kappa shape index (κ1) is 18.0. The number of nitrogens with zero attached hydrogens (tertiary/aromatic N) is 4. The summed E-state index contributed by atoms with van der Waals surface area (Å²) in [5, 5.41) is 5.82. The van der Waals surface area contributed by atoms with Gasteiger partial charge in [0.2, 0.25) is 0 Å². The number of anilines is 1. The number of carbonyl (C=O) groups excluding carboxylic acids is 1. The molecule has 3 aromatic rings. The fraction of sp³-hybridized carbons (Fsp3) is 0.263. The molecule has 0 unspecified atom stereocenters. The molecule has 0 saturated carbocycles. The van der Waals surface area contributed by atoms with Gasteiger partial charge in [0, 0.05) is 24.8 Å². The van der Waals surface area contributed by atoms with Gasteiger partial charge < -0.3 is 10.2 Å². The summed E-state index contributed by atoms with van der Waals surface area (Å²) in [7, 11) is 1.95. The van der Waals surface area contributed by atoms with E-state index in [-0.39, 0.29) is 5.91 Å². The Morgan fingerprint density at radius 3 is 2.73 bits per heavy atom. The lowest BCUT2D eigenvalue weighted by molar-refractivity contribution is 0.0950. The number of rotatable bonds is 7. The number of thiazole rings is 1. The van der Waals surface area contributed by atoms with Gasteiger partial charge >= 0.3 is 0 Å². The van der Waals surface area contributed by atoms with E-state index < -0.39 is 0 Å². The standard InChI is InChI=1S/C19H21N5OS/c1-3-15-13-26-18(23-15)11-22-19(25)14-7-8-17(21-10-14)24(2)12-16-6-4-5-9-20-16/h4-10,13H,3,11-12H2,1-2H3,(H,22,25). The number of hydrogen-bond acceptors (Lipinski definition) is 6. The average Bonchev–Trinajstić information content (AvgIpc) is 3.15. The zero-order valence-corrected chi connectivity index (χ0v) is 15.7. The molecule has 0 saturated heterocycles. The first-order valence-corrected chi connectivity index (χ1v) is 9.32. The Kier molecular flexibility index (Phi) is 5.91. The van der Waals surface area contributed by atoms with Gasteiger partial charge in [-0.15, -0.1) is 11.3 Å². The molecule has 26 heavy (non-hydrogen) atoms. The molecule has 0 radical (unpaired) electrons. The molecular formula is C19H21N5OS. The minimum absolute atomic E-state index is 0.148. The summed E-state index contributed by atoms with van der Waals surface area (Å²) in [6.07, 6.45) is 4.27. The van der Waals surface area contributed by atoms with Gasteiger partial charge in [0.1, 0.15) is 10.8 Å². The van der Waals surface area contributed by atoms with Gasteiger partial charge in [-0.1, -0.05) is 13.0 Å². The predicted octanol–water partition coefficient (Wildman–Crippen LogP) is 3.06. The van der Waals surface area contributed by atoms with E-state index >= 15 is 0 Å². The molecule has 0 spiro atoms. The first-order valence-electron chi connectivity index (χ1n) is 8.44. The number of aryl methyl sites for hydroxylation is 1. The number of hydrogen-bond donors (Lipinski definition) is 1. The van der Waals surface area contributed by atoms with Crippen LogP contribution in [0.25, 0.3) is 0 Å². The largest absolute Gasteiger partial charge is 0.354 e. The van der Waals surface area contributed by atoms with E-state index in [2.05, 4.69) is 27.2 Å². The predicted molar refractivity (Wildman–Crippen MR) is 103 cm³/mol. The molecule has 0 bridgehead atoms. The minimum atomic E-state index is -0.148. The molecule has 3 rings (SSSR count). The van der Waals surface area contributed by atoms with E-state index in [9.17, 15) is 4.79 Å². The fourth-order valence-electron chi connectivity index (χ4n) is 2.41. The van der Waals surface area contributed by atoms with Crippen molar-refractivity contribution < 1.29 is 4.79 Å². The second-order valence-corrected chi connectivity index (χ2v) is 6.79. The third-order valence-electron chi connectivity index (χ3n) is 3.89. The van der Waals surface area contributed by atoms with E-state index in [1.807, 2.05) is 41.6 Å². The third kappa shape index (κ3) is 4.64. The molecular weight excluding hydrogens is 346 g/mol. The molecule has 0 aliphatic heterocycles. The van der Waals surface area contributed by atoms with Crippen molar-refractivity contribution in [3.63, 3.8) is 0 Å². The van der Waals surface area contributed by atoms with E-state index in [1.165, 1.54) is 0 Å². The molecule has 0 aliphatic carbocycles. The summed E-state index contributed by atoms with van der Waals surface area (Å²) in [4.78, 5) is 27.4. The second-order valence-electron chi connectivity index (χ2n) is 5.85. The summed E-state index contributed by atoms with van der Waals surface area (Å²) < 4.78 is 0. The topological polar surface area (TPSA) is 71.0 Å². The van der Waals surface area contributed by atoms with Crippen LogP contribution in [-0.2, 0) is 19.5 Å². The molecule has 3 heterocycles. The van der Waals surface area contributed by atoms with Crippen LogP contribution in [0.1, 0.15) is 33.7 Å². The van der Waals surface area contributed by atoms with Crippen LogP contribution in [0.2, 0.25) is 0 Å². The Hall–Kier alpha value is -2.80. The maximum Gasteiger partial charge on any atom is 0.253 e. The van der Waals surface area contributed by atoms with Crippen molar-refractivity contribution in [3.8, 4) is 0 Å². The molecule has 134 valence electrons. The number of nitrogens with one attached hydrogen (secondary N) is 1. The Labute approximate surface area is 157 Å². The molecule has 7 heteroatoms. The second kappa shape index (κ2) is 8.53. The summed E-state index contributed by atoms with van der Waals surface area (Å²) in [5.41, 5.74) is 2.56. The lowest BCUT2D eigenvalue weighted by atomic mass is 10.2. The van der Waals surface area contributed by atoms with E-state index in [0.717, 1.165) is 28.6 Å². The molecule has 6 nitrogen and oxygen atoms in total. The Bertz CT molecular complexity index is 848. The van der Waals surface area contributed by atoms with E-state index in [1.54, 1.807) is 29.8 Å². The van der Waals surface area contributed by atoms with Crippen LogP contribution in [0, 0.1) is 0 Å². The van der Waals surface area contributed by atoms with Crippen molar-refractivity contribution >= 4 is 23.1 Å². The zero-order chi connectivity index (χ0) is 18.4. The Morgan fingerprint density at radius 2 is 2.08 bits per heavy atom. The van der Waals surface area contributed by atoms with Crippen LogP contribution < -0.4 is 10.2 Å². The SMILES string of the molecule is CCc1csc(CNC(=O)c2ccc(N(C)Cc3ccccn3)nc2)n1. The van der Waals surface area contributed by atoms with Crippen LogP contribution >= 0.6 is 11.3 Å². The van der Waals surface area contributed by atoms with Crippen LogP contribution in [0.15, 0.2) is 48.1 Å². The summed E-state index contributed by atoms with van der Waals surface area (Å²) >= 11 is 1.56. The molecule has 3 aromatic heterocycles. The van der Waals surface area contributed by atoms with Gasteiger partial charge in [-0.05, 0) is 30.7 Å². The quantitative estimate of drug-likeness (QED) is 0.695. The highest BCUT2D eigenvalue weighted by Crippen LogP contribution is 2.13. The van der Waals surface area contributed by atoms with Gasteiger partial charge in [-0.2, -0.15) is 0 Å². The lowest BCUT2D eigenvalue weighted by Gasteiger charge is -2.17. The van der Waals surface area contributed by atoms with E-state index in [0.29, 0.717) is 18.7 Å². The van der Waals surface area contributed by atoms with Gasteiger partial charge in [0.25, 0.3) is 5.91 Å². The highest BCUT2D eigenvalue weighted by molar-refractivity contribution is 7.09. The van der Waals surface area contributed by atoms with Gasteiger partial charge in [0.05, 0.1) is 30.0 Å². The van der Waals surface area contributed by atoms with Crippen molar-refractivity contribution in [2.75, 3.05) is 11.9 Å². The fourth-order valence-corrected chi connectivity index (χ4v) is 3.23. The maximum absolute atomic E-state index is 12.3. The van der Waals surface area contributed by atoms with Gasteiger partial charge in [-0.25, -0.2) is 9.97 Å². The highest BCUT2D eigenvalue weighted by Gasteiger charge is 2.10. The number of aromatic nitrogens is 3. The summed E-state index contributed by atoms with van der Waals surface area (Å²) in [6, 6.07) is 9.45. The monoisotopic (exact) mass is 367 g/mol. The molecule has 1 N–H and O–H groups in total. The summed E-state index contributed by atoms with van der Waals surface area (Å²) in [5.74, 6) is 0.643. The molecule has 0 aromatic carbocycles. The smallest absolute Gasteiger partial charge is 0.253 e. The van der Waals surface area contributed by atoms with Gasteiger partial charge in [-0.3, -0.25) is 9.78 Å². The Morgan fingerprint density at radius 1 is 1.19 bits per heavy atom. The number of amides is 1. The van der Waals surface area contributed by atoms with Crippen molar-refractivity contribution in [1.82, 2.24) is 20.3 Å². The molecule has 1 amide bonds. The van der Waals surface area contributed by atoms with Crippen LogP contribution in [0.3, 0.4) is 0 Å². The highest BCUT2D eigenvalue weighted by atomic mass is 32.1. The average molecular weight is 367 g/mol. The third-order valence-corrected chi connectivity index (χ3v) is 4.79. The van der Waals surface area contributed by atoms with Crippen LogP contribution in [0.5, 0.6) is 0 Å². The summed E-state index contributed by atoms with van der Waals surface area (Å²) in [6.45, 7) is 3.16. The number of pyridine rings is 2. The van der Waals surface area contributed by atoms with Crippen molar-refractivity contribution in [1.29, 1.82) is 0 Å². The molecule has 0 aliphatic rings. The lowest BCUT2D eigenvalue weighted by Crippen LogP contribution is -2.23. The normalized spacial score (nSPS) is 10.5. The van der Waals surface area contributed by atoms with Crippen LogP contribution in [0.4, 0.5) is 5.82 Å². The Balaban J connectivity index is 1.56. The zero-order valence-electron chi connectivity index (χ0n) is 14.8. The van der Waals surface area contributed by atoms with E-state index in [4.69, 9.17) is 0 Å². The van der Waals surface area contributed by atoms with Crippen molar-refractivity contribution in [2.45, 2.75) is 26.4 Å². The minimum Gasteiger partial charge on any atom is -0.354 e. The first-order chi connectivity index (χ1) is 12.7.